The van der Waals surface area contributed by atoms with E-state index in [0.29, 0.717) is 0 Å². The molecule has 0 heterocycles. The van der Waals surface area contributed by atoms with Crippen LogP contribution in [0.25, 0.3) is 22.3 Å². The Hall–Kier alpha value is -3.61. The number of benzene rings is 5. The van der Waals surface area contributed by atoms with Gasteiger partial charge >= 0.3 is 0 Å². The molecular formula is C31H21Cl. The maximum atomic E-state index is 6.60. The van der Waals surface area contributed by atoms with E-state index in [4.69, 9.17) is 11.6 Å². The molecule has 0 aliphatic heterocycles. The van der Waals surface area contributed by atoms with Gasteiger partial charge in [-0.2, -0.15) is 0 Å². The number of rotatable bonds is 3. The Kier molecular flexibility index (Phi) is 4.48. The molecule has 0 aromatic heterocycles. The first-order valence-corrected chi connectivity index (χ1v) is 11.3. The summed E-state index contributed by atoms with van der Waals surface area (Å²) in [6.45, 7) is 0. The van der Waals surface area contributed by atoms with E-state index in [2.05, 4.69) is 121 Å². The van der Waals surface area contributed by atoms with Crippen LogP contribution in [0.2, 0.25) is 5.02 Å². The molecule has 152 valence electrons. The van der Waals surface area contributed by atoms with Crippen LogP contribution in [0.1, 0.15) is 22.3 Å². The third-order valence-corrected chi connectivity index (χ3v) is 6.86. The van der Waals surface area contributed by atoms with Crippen molar-refractivity contribution in [2.24, 2.45) is 0 Å². The molecule has 0 saturated carbocycles. The number of hydrogen-bond donors (Lipinski definition) is 0. The highest BCUT2D eigenvalue weighted by atomic mass is 35.5. The van der Waals surface area contributed by atoms with E-state index in [1.54, 1.807) is 0 Å². The molecule has 6 rings (SSSR count). The first-order chi connectivity index (χ1) is 15.8. The summed E-state index contributed by atoms with van der Waals surface area (Å²) >= 11 is 6.60. The highest BCUT2D eigenvalue weighted by Gasteiger charge is 2.46. The molecule has 1 aliphatic carbocycles. The second kappa shape index (κ2) is 7.51. The molecule has 5 aromatic rings. The summed E-state index contributed by atoms with van der Waals surface area (Å²) in [6, 6.07) is 45.4. The molecule has 0 N–H and O–H groups in total. The van der Waals surface area contributed by atoms with Crippen LogP contribution < -0.4 is 0 Å². The molecule has 0 spiro atoms. The second-order valence-corrected chi connectivity index (χ2v) is 8.73. The van der Waals surface area contributed by atoms with Crippen molar-refractivity contribution in [3.05, 3.63) is 155 Å². The van der Waals surface area contributed by atoms with Gasteiger partial charge < -0.3 is 0 Å². The fourth-order valence-electron chi connectivity index (χ4n) is 5.28. The zero-order valence-electron chi connectivity index (χ0n) is 17.5. The van der Waals surface area contributed by atoms with Gasteiger partial charge in [-0.25, -0.2) is 0 Å². The fourth-order valence-corrected chi connectivity index (χ4v) is 5.45. The summed E-state index contributed by atoms with van der Waals surface area (Å²) in [5.41, 5.74) is 9.59. The average Bonchev–Trinajstić information content (AvgIpc) is 3.15. The van der Waals surface area contributed by atoms with E-state index in [1.165, 1.54) is 44.5 Å². The average molecular weight is 429 g/mol. The summed E-state index contributed by atoms with van der Waals surface area (Å²) in [4.78, 5) is 0. The maximum Gasteiger partial charge on any atom is 0.0714 e. The van der Waals surface area contributed by atoms with Crippen LogP contribution in [-0.4, -0.2) is 0 Å². The SMILES string of the molecule is Clc1ccc2c(c1)C(c1ccccc1)(c1ccccc1)c1ccc(-c3ccccc3)cc1-2. The molecule has 0 nitrogen and oxygen atoms in total. The molecule has 0 unspecified atom stereocenters. The normalized spacial score (nSPS) is 13.4. The Morgan fingerprint density at radius 1 is 0.438 bits per heavy atom. The van der Waals surface area contributed by atoms with E-state index in [1.807, 2.05) is 6.07 Å². The van der Waals surface area contributed by atoms with Gasteiger partial charge in [-0.1, -0.05) is 121 Å². The van der Waals surface area contributed by atoms with Gasteiger partial charge in [0.25, 0.3) is 0 Å². The van der Waals surface area contributed by atoms with Crippen molar-refractivity contribution in [3.63, 3.8) is 0 Å². The number of hydrogen-bond acceptors (Lipinski definition) is 0. The minimum Gasteiger partial charge on any atom is -0.0843 e. The third kappa shape index (κ3) is 2.77. The Labute approximate surface area is 193 Å². The van der Waals surface area contributed by atoms with Gasteiger partial charge in [0.05, 0.1) is 5.41 Å². The summed E-state index contributed by atoms with van der Waals surface area (Å²) < 4.78 is 0. The lowest BCUT2D eigenvalue weighted by molar-refractivity contribution is 0.768. The van der Waals surface area contributed by atoms with Gasteiger partial charge in [0, 0.05) is 5.02 Å². The highest BCUT2D eigenvalue weighted by Crippen LogP contribution is 2.57. The summed E-state index contributed by atoms with van der Waals surface area (Å²) in [6.07, 6.45) is 0. The van der Waals surface area contributed by atoms with Gasteiger partial charge in [0.2, 0.25) is 0 Å². The van der Waals surface area contributed by atoms with Crippen LogP contribution in [0.15, 0.2) is 127 Å². The standard InChI is InChI=1S/C31H21Cl/c32-26-17-18-27-28-20-23(22-10-4-1-5-11-22)16-19-29(28)31(30(27)21-26,24-12-6-2-7-13-24)25-14-8-3-9-15-25/h1-21H. The predicted molar refractivity (Wildman–Crippen MR) is 134 cm³/mol. The lowest BCUT2D eigenvalue weighted by Gasteiger charge is -2.34. The van der Waals surface area contributed by atoms with Crippen LogP contribution in [0.3, 0.4) is 0 Å². The van der Waals surface area contributed by atoms with Crippen LogP contribution in [-0.2, 0) is 5.41 Å². The van der Waals surface area contributed by atoms with Crippen molar-refractivity contribution in [3.8, 4) is 22.3 Å². The van der Waals surface area contributed by atoms with Gasteiger partial charge in [-0.15, -0.1) is 0 Å². The largest absolute Gasteiger partial charge is 0.0843 e. The van der Waals surface area contributed by atoms with Crippen molar-refractivity contribution < 1.29 is 0 Å². The smallest absolute Gasteiger partial charge is 0.0714 e. The van der Waals surface area contributed by atoms with Crippen LogP contribution in [0, 0.1) is 0 Å². The zero-order valence-corrected chi connectivity index (χ0v) is 18.3. The first kappa shape index (κ1) is 19.1. The van der Waals surface area contributed by atoms with E-state index < -0.39 is 5.41 Å². The fraction of sp³-hybridized carbons (Fsp3) is 0.0323. The molecule has 1 aliphatic rings. The number of halogens is 1. The topological polar surface area (TPSA) is 0 Å². The van der Waals surface area contributed by atoms with E-state index >= 15 is 0 Å². The van der Waals surface area contributed by atoms with Crippen molar-refractivity contribution in [2.45, 2.75) is 5.41 Å². The molecule has 0 fully saturated rings. The van der Waals surface area contributed by atoms with E-state index in [0.717, 1.165) is 5.02 Å². The molecule has 0 saturated heterocycles. The molecule has 0 amide bonds. The van der Waals surface area contributed by atoms with E-state index in [9.17, 15) is 0 Å². The van der Waals surface area contributed by atoms with Crippen molar-refractivity contribution in [2.75, 3.05) is 0 Å². The Bertz CT molecular complexity index is 1360. The summed E-state index contributed by atoms with van der Waals surface area (Å²) in [5.74, 6) is 0. The second-order valence-electron chi connectivity index (χ2n) is 8.30. The lowest BCUT2D eigenvalue weighted by atomic mass is 9.67. The molecular weight excluding hydrogens is 408 g/mol. The number of fused-ring (bicyclic) bond motifs is 3. The molecule has 5 aromatic carbocycles. The first-order valence-electron chi connectivity index (χ1n) is 10.9. The van der Waals surface area contributed by atoms with Crippen molar-refractivity contribution >= 4 is 11.6 Å². The van der Waals surface area contributed by atoms with Gasteiger partial charge in [-0.3, -0.25) is 0 Å². The quantitative estimate of drug-likeness (QED) is 0.265. The van der Waals surface area contributed by atoms with Gasteiger partial charge in [0.15, 0.2) is 0 Å². The molecule has 1 heteroatoms. The highest BCUT2D eigenvalue weighted by molar-refractivity contribution is 6.30. The van der Waals surface area contributed by atoms with Gasteiger partial charge in [-0.05, 0) is 62.7 Å². The lowest BCUT2D eigenvalue weighted by Crippen LogP contribution is -2.28. The van der Waals surface area contributed by atoms with Crippen molar-refractivity contribution in [1.29, 1.82) is 0 Å². The Morgan fingerprint density at radius 3 is 1.66 bits per heavy atom. The van der Waals surface area contributed by atoms with Crippen LogP contribution >= 0.6 is 11.6 Å². The molecule has 32 heavy (non-hydrogen) atoms. The van der Waals surface area contributed by atoms with E-state index in [-0.39, 0.29) is 0 Å². The zero-order chi connectivity index (χ0) is 21.5. The van der Waals surface area contributed by atoms with Crippen molar-refractivity contribution in [1.82, 2.24) is 0 Å². The van der Waals surface area contributed by atoms with Crippen LogP contribution in [0.4, 0.5) is 0 Å². The monoisotopic (exact) mass is 428 g/mol. The molecule has 0 bridgehead atoms. The Balaban J connectivity index is 1.73. The Morgan fingerprint density at radius 2 is 1.03 bits per heavy atom. The maximum absolute atomic E-state index is 6.60. The molecule has 0 atom stereocenters. The summed E-state index contributed by atoms with van der Waals surface area (Å²) in [7, 11) is 0. The van der Waals surface area contributed by atoms with Crippen LogP contribution in [0.5, 0.6) is 0 Å². The minimum absolute atomic E-state index is 0.409. The minimum atomic E-state index is -0.409. The predicted octanol–water partition coefficient (Wildman–Crippen LogP) is 8.37. The summed E-state index contributed by atoms with van der Waals surface area (Å²) in [5, 5.41) is 0.760. The molecule has 0 radical (unpaired) electrons. The third-order valence-electron chi connectivity index (χ3n) is 6.62. The van der Waals surface area contributed by atoms with Gasteiger partial charge in [0.1, 0.15) is 0 Å².